The maximum atomic E-state index is 11.0. The van der Waals surface area contributed by atoms with Crippen molar-refractivity contribution in [3.05, 3.63) is 27.4 Å². The molecule has 80 valence electrons. The molecule has 2 aromatic rings. The van der Waals surface area contributed by atoms with E-state index in [-0.39, 0.29) is 11.5 Å². The first-order valence-electron chi connectivity index (χ1n) is 4.17. The number of rotatable bonds is 3. The Labute approximate surface area is 89.0 Å². The summed E-state index contributed by atoms with van der Waals surface area (Å²) in [5, 5.41) is 0. The van der Waals surface area contributed by atoms with Gasteiger partial charge in [0, 0.05) is 11.6 Å². The van der Waals surface area contributed by atoms with Crippen LogP contribution in [0, 0.1) is 0 Å². The Hall–Kier alpha value is -1.37. The van der Waals surface area contributed by atoms with E-state index in [9.17, 15) is 4.79 Å². The van der Waals surface area contributed by atoms with Crippen molar-refractivity contribution in [3.8, 4) is 5.75 Å². The lowest BCUT2D eigenvalue weighted by Crippen LogP contribution is -2.00. The minimum Gasteiger partial charge on any atom is -0.496 e. The smallest absolute Gasteiger partial charge is 0.396 e. The van der Waals surface area contributed by atoms with Crippen LogP contribution >= 0.6 is 11.3 Å². The number of benzene rings is 1. The quantitative estimate of drug-likeness (QED) is 0.799. The Morgan fingerprint density at radius 1 is 1.53 bits per heavy atom. The highest BCUT2D eigenvalue weighted by Gasteiger charge is 2.09. The van der Waals surface area contributed by atoms with Gasteiger partial charge in [0.15, 0.2) is 0 Å². The normalized spacial score (nSPS) is 10.8. The van der Waals surface area contributed by atoms with Crippen LogP contribution in [0.3, 0.4) is 0 Å². The number of ether oxygens (including phenoxy) is 1. The Balaban J connectivity index is 2.62. The highest BCUT2D eigenvalue weighted by molar-refractivity contribution is 7.16. The Morgan fingerprint density at radius 3 is 3.00 bits per heavy atom. The summed E-state index contributed by atoms with van der Waals surface area (Å²) in [4.78, 5) is 15.2. The summed E-state index contributed by atoms with van der Waals surface area (Å²) in [5.74, 6) is 5.62. The first-order chi connectivity index (χ1) is 7.24. The van der Waals surface area contributed by atoms with Crippen LogP contribution in [-0.4, -0.2) is 7.11 Å². The molecule has 0 saturated carbocycles. The molecular formula is C9H9NO4S. The van der Waals surface area contributed by atoms with E-state index in [2.05, 4.69) is 4.84 Å². The van der Waals surface area contributed by atoms with Crippen LogP contribution < -0.4 is 15.6 Å². The molecule has 1 aromatic heterocycles. The van der Waals surface area contributed by atoms with Crippen LogP contribution in [0.25, 0.3) is 10.3 Å². The standard InChI is InChI=1S/C9H9NO4S/c1-12-6-3-8-7(14-9(11)15-8)2-5(6)4-13-10/h2-3H,4,10H2,1H3. The average molecular weight is 227 g/mol. The van der Waals surface area contributed by atoms with Gasteiger partial charge in [-0.1, -0.05) is 11.3 Å². The van der Waals surface area contributed by atoms with Gasteiger partial charge in [-0.25, -0.2) is 10.7 Å². The van der Waals surface area contributed by atoms with Crippen molar-refractivity contribution in [2.75, 3.05) is 7.11 Å². The van der Waals surface area contributed by atoms with Crippen LogP contribution in [0.15, 0.2) is 21.3 Å². The second kappa shape index (κ2) is 4.01. The Bertz CT molecular complexity index is 530. The van der Waals surface area contributed by atoms with Crippen LogP contribution in [0.2, 0.25) is 0 Å². The van der Waals surface area contributed by atoms with E-state index in [1.807, 2.05) is 0 Å². The van der Waals surface area contributed by atoms with E-state index < -0.39 is 0 Å². The first kappa shape index (κ1) is 10.2. The lowest BCUT2D eigenvalue weighted by Gasteiger charge is -2.06. The van der Waals surface area contributed by atoms with Crippen LogP contribution in [0.1, 0.15) is 5.56 Å². The Kier molecular flexibility index (Phi) is 2.72. The average Bonchev–Trinajstić information content (AvgIpc) is 2.56. The molecule has 0 aliphatic carbocycles. The number of hydrogen-bond acceptors (Lipinski definition) is 6. The highest BCUT2D eigenvalue weighted by atomic mass is 32.1. The van der Waals surface area contributed by atoms with E-state index in [1.54, 1.807) is 19.2 Å². The zero-order chi connectivity index (χ0) is 10.8. The molecule has 1 aromatic carbocycles. The molecule has 0 aliphatic heterocycles. The zero-order valence-electron chi connectivity index (χ0n) is 7.98. The van der Waals surface area contributed by atoms with E-state index in [0.717, 1.165) is 21.6 Å². The molecule has 0 amide bonds. The molecule has 6 heteroatoms. The second-order valence-electron chi connectivity index (χ2n) is 2.88. The molecule has 0 bridgehead atoms. The monoisotopic (exact) mass is 227 g/mol. The molecule has 2 N–H and O–H groups in total. The van der Waals surface area contributed by atoms with Crippen molar-refractivity contribution in [1.29, 1.82) is 0 Å². The third-order valence-electron chi connectivity index (χ3n) is 1.97. The number of hydrogen-bond donors (Lipinski definition) is 1. The second-order valence-corrected chi connectivity index (χ2v) is 3.85. The van der Waals surface area contributed by atoms with Crippen LogP contribution in [0.5, 0.6) is 5.75 Å². The van der Waals surface area contributed by atoms with Crippen LogP contribution in [-0.2, 0) is 11.4 Å². The van der Waals surface area contributed by atoms with Gasteiger partial charge in [0.2, 0.25) is 0 Å². The summed E-state index contributed by atoms with van der Waals surface area (Å²) >= 11 is 1.03. The Morgan fingerprint density at radius 2 is 2.33 bits per heavy atom. The van der Waals surface area contributed by atoms with Gasteiger partial charge in [0.25, 0.3) is 0 Å². The largest absolute Gasteiger partial charge is 0.496 e. The molecule has 0 spiro atoms. The summed E-state index contributed by atoms with van der Waals surface area (Å²) in [6.07, 6.45) is 0. The van der Waals surface area contributed by atoms with Gasteiger partial charge in [-0.2, -0.15) is 0 Å². The molecule has 0 atom stereocenters. The van der Waals surface area contributed by atoms with E-state index in [1.165, 1.54) is 0 Å². The topological polar surface area (TPSA) is 74.7 Å². The van der Waals surface area contributed by atoms with E-state index in [0.29, 0.717) is 11.3 Å². The fraction of sp³-hybridized carbons (Fsp3) is 0.222. The molecule has 5 nitrogen and oxygen atoms in total. The SMILES string of the molecule is COc1cc2sc(=O)oc2cc1CON. The molecule has 15 heavy (non-hydrogen) atoms. The maximum Gasteiger partial charge on any atom is 0.396 e. The van der Waals surface area contributed by atoms with Gasteiger partial charge in [0.1, 0.15) is 11.3 Å². The summed E-state index contributed by atoms with van der Waals surface area (Å²) in [7, 11) is 1.55. The number of nitrogens with two attached hydrogens (primary N) is 1. The van der Waals surface area contributed by atoms with Gasteiger partial charge in [-0.3, -0.25) is 4.84 Å². The van der Waals surface area contributed by atoms with Crippen LogP contribution in [0.4, 0.5) is 0 Å². The minimum absolute atomic E-state index is 0.207. The fourth-order valence-electron chi connectivity index (χ4n) is 1.34. The molecule has 0 saturated heterocycles. The molecule has 0 unspecified atom stereocenters. The van der Waals surface area contributed by atoms with Crippen molar-refractivity contribution in [1.82, 2.24) is 0 Å². The molecule has 1 heterocycles. The zero-order valence-corrected chi connectivity index (χ0v) is 8.80. The summed E-state index contributed by atoms with van der Waals surface area (Å²) in [6, 6.07) is 3.43. The van der Waals surface area contributed by atoms with E-state index in [4.69, 9.17) is 15.1 Å². The number of methoxy groups -OCH3 is 1. The third kappa shape index (κ3) is 1.87. The molecule has 0 aliphatic rings. The summed E-state index contributed by atoms with van der Waals surface area (Å²) in [5.41, 5.74) is 1.27. The molecular weight excluding hydrogens is 218 g/mol. The van der Waals surface area contributed by atoms with Gasteiger partial charge >= 0.3 is 4.94 Å². The summed E-state index contributed by atoms with van der Waals surface area (Å²) in [6.45, 7) is 0.207. The predicted molar refractivity (Wildman–Crippen MR) is 55.9 cm³/mol. The molecule has 0 radical (unpaired) electrons. The van der Waals surface area contributed by atoms with Crippen molar-refractivity contribution < 1.29 is 14.0 Å². The minimum atomic E-state index is -0.335. The molecule has 2 rings (SSSR count). The van der Waals surface area contributed by atoms with Crippen molar-refractivity contribution >= 4 is 21.6 Å². The first-order valence-corrected chi connectivity index (χ1v) is 4.98. The van der Waals surface area contributed by atoms with Crippen molar-refractivity contribution in [2.45, 2.75) is 6.61 Å². The summed E-state index contributed by atoms with van der Waals surface area (Å²) < 4.78 is 10.9. The fourth-order valence-corrected chi connectivity index (χ4v) is 2.01. The van der Waals surface area contributed by atoms with Gasteiger partial charge in [-0.15, -0.1) is 0 Å². The number of fused-ring (bicyclic) bond motifs is 1. The third-order valence-corrected chi connectivity index (χ3v) is 2.76. The lowest BCUT2D eigenvalue weighted by molar-refractivity contribution is 0.122. The van der Waals surface area contributed by atoms with Gasteiger partial charge < -0.3 is 9.15 Å². The van der Waals surface area contributed by atoms with Crippen molar-refractivity contribution in [2.24, 2.45) is 5.90 Å². The molecule has 0 fully saturated rings. The maximum absolute atomic E-state index is 11.0. The lowest BCUT2D eigenvalue weighted by atomic mass is 10.2. The highest BCUT2D eigenvalue weighted by Crippen LogP contribution is 2.27. The van der Waals surface area contributed by atoms with Crippen molar-refractivity contribution in [3.63, 3.8) is 0 Å². The van der Waals surface area contributed by atoms with Gasteiger partial charge in [-0.05, 0) is 6.07 Å². The van der Waals surface area contributed by atoms with E-state index >= 15 is 0 Å². The van der Waals surface area contributed by atoms with Gasteiger partial charge in [0.05, 0.1) is 18.4 Å². The predicted octanol–water partition coefficient (Wildman–Crippen LogP) is 1.25.